The van der Waals surface area contributed by atoms with E-state index in [1.165, 1.54) is 0 Å². The molecule has 3 atom stereocenters. The van der Waals surface area contributed by atoms with Crippen molar-refractivity contribution in [3.8, 4) is 0 Å². The Bertz CT molecular complexity index is 1150. The van der Waals surface area contributed by atoms with E-state index >= 15 is 0 Å². The normalized spacial score (nSPS) is 20.5. The number of aromatic nitrogens is 2. The van der Waals surface area contributed by atoms with Gasteiger partial charge in [-0.2, -0.15) is 0 Å². The number of halogens is 3. The van der Waals surface area contributed by atoms with Crippen molar-refractivity contribution in [3.05, 3.63) is 77.6 Å². The maximum absolute atomic E-state index is 12.1. The van der Waals surface area contributed by atoms with Crippen molar-refractivity contribution in [2.75, 3.05) is 11.1 Å². The second-order valence-electron chi connectivity index (χ2n) is 8.06. The number of imidazole rings is 1. The van der Waals surface area contributed by atoms with Gasteiger partial charge in [0.2, 0.25) is 0 Å². The van der Waals surface area contributed by atoms with Gasteiger partial charge < -0.3 is 24.5 Å². The summed E-state index contributed by atoms with van der Waals surface area (Å²) in [5.41, 5.74) is 3.00. The number of hydrogen-bond donors (Lipinski definition) is 2. The summed E-state index contributed by atoms with van der Waals surface area (Å²) in [5, 5.41) is 12.9. The highest BCUT2D eigenvalue weighted by atomic mass is 35.6. The van der Waals surface area contributed by atoms with Crippen molar-refractivity contribution < 1.29 is 19.4 Å². The summed E-state index contributed by atoms with van der Waals surface area (Å²) in [6.07, 6.45) is 3.28. The highest BCUT2D eigenvalue weighted by molar-refractivity contribution is 7.99. The fourth-order valence-corrected chi connectivity index (χ4v) is 4.74. The third-order valence-corrected chi connectivity index (χ3v) is 7.17. The molecule has 2 heterocycles. The number of carbonyl (C=O) groups is 1. The lowest BCUT2D eigenvalue weighted by Gasteiger charge is -2.36. The number of anilines is 1. The second-order valence-corrected chi connectivity index (χ2v) is 11.3. The molecule has 1 fully saturated rings. The Morgan fingerprint density at radius 1 is 1.20 bits per heavy atom. The number of aliphatic hydroxyl groups is 1. The Hall–Kier alpha value is -1.78. The molecule has 1 aliphatic rings. The number of ether oxygens (including phenoxy) is 2. The van der Waals surface area contributed by atoms with E-state index in [0.717, 1.165) is 21.8 Å². The van der Waals surface area contributed by atoms with E-state index in [1.54, 1.807) is 36.2 Å². The van der Waals surface area contributed by atoms with Gasteiger partial charge in [-0.3, -0.25) is 4.79 Å². The van der Waals surface area contributed by atoms with Crippen LogP contribution in [0.15, 0.2) is 66.1 Å². The van der Waals surface area contributed by atoms with E-state index in [1.807, 2.05) is 48.1 Å². The van der Waals surface area contributed by atoms with E-state index in [-0.39, 0.29) is 18.8 Å². The van der Waals surface area contributed by atoms with E-state index in [9.17, 15) is 9.90 Å². The van der Waals surface area contributed by atoms with Gasteiger partial charge in [0, 0.05) is 42.9 Å². The van der Waals surface area contributed by atoms with Crippen LogP contribution in [0.1, 0.15) is 35.5 Å². The molecule has 1 saturated heterocycles. The number of nitrogens with zero attached hydrogens (tertiary/aromatic N) is 2. The summed E-state index contributed by atoms with van der Waals surface area (Å²) in [6.45, 7) is -0.0207. The van der Waals surface area contributed by atoms with Gasteiger partial charge in [0.1, 0.15) is 0 Å². The minimum absolute atomic E-state index is 0.0207. The predicted molar refractivity (Wildman–Crippen MR) is 138 cm³/mol. The molecule has 0 aliphatic carbocycles. The Balaban J connectivity index is 1.55. The topological polar surface area (TPSA) is 85.6 Å². The first-order valence-corrected chi connectivity index (χ1v) is 12.9. The maximum atomic E-state index is 12.1. The van der Waals surface area contributed by atoms with Crippen LogP contribution in [-0.2, 0) is 27.9 Å². The zero-order chi connectivity index (χ0) is 25.0. The standard InChI is InChI=1S/C24H24Cl3N3O4S/c1-30-10-9-28-23(30)35-14-19-12-20(16-7-5-15(13-31)6-8-16)34-21(33-19)17-3-2-4-18(11-17)29-22(32)24(25,26)27/h2-11,19-21,31H,12-14H2,1H3,(H,29,32). The minimum Gasteiger partial charge on any atom is -0.392 e. The molecule has 11 heteroatoms. The summed E-state index contributed by atoms with van der Waals surface area (Å²) in [6, 6.07) is 14.7. The lowest BCUT2D eigenvalue weighted by molar-refractivity contribution is -0.245. The molecule has 3 aromatic rings. The zero-order valence-corrected chi connectivity index (χ0v) is 21.8. The summed E-state index contributed by atoms with van der Waals surface area (Å²) in [7, 11) is 1.95. The molecule has 2 aromatic carbocycles. The molecule has 3 unspecified atom stereocenters. The first kappa shape index (κ1) is 26.3. The summed E-state index contributed by atoms with van der Waals surface area (Å²) < 4.78 is 12.6. The van der Waals surface area contributed by atoms with Crippen molar-refractivity contribution >= 4 is 58.2 Å². The summed E-state index contributed by atoms with van der Waals surface area (Å²) >= 11 is 18.7. The lowest BCUT2D eigenvalue weighted by Crippen LogP contribution is -2.31. The Morgan fingerprint density at radius 2 is 1.97 bits per heavy atom. The van der Waals surface area contributed by atoms with Gasteiger partial charge in [-0.15, -0.1) is 0 Å². The van der Waals surface area contributed by atoms with Crippen molar-refractivity contribution in [2.24, 2.45) is 7.05 Å². The van der Waals surface area contributed by atoms with Gasteiger partial charge in [0.15, 0.2) is 11.4 Å². The monoisotopic (exact) mass is 555 g/mol. The van der Waals surface area contributed by atoms with Gasteiger partial charge in [-0.25, -0.2) is 4.98 Å². The van der Waals surface area contributed by atoms with Gasteiger partial charge in [-0.05, 0) is 23.3 Å². The number of aliphatic hydroxyl groups excluding tert-OH is 1. The van der Waals surface area contributed by atoms with E-state index in [0.29, 0.717) is 17.9 Å². The average Bonchev–Trinajstić information content (AvgIpc) is 3.26. The number of carbonyl (C=O) groups excluding carboxylic acids is 1. The van der Waals surface area contributed by atoms with Gasteiger partial charge >= 0.3 is 0 Å². The Kier molecular flexibility index (Phi) is 8.65. The number of hydrogen-bond acceptors (Lipinski definition) is 6. The summed E-state index contributed by atoms with van der Waals surface area (Å²) in [4.78, 5) is 16.5. The number of amides is 1. The maximum Gasteiger partial charge on any atom is 0.276 e. The van der Waals surface area contributed by atoms with E-state index in [2.05, 4.69) is 10.3 Å². The first-order valence-electron chi connectivity index (χ1n) is 10.8. The molecule has 0 bridgehead atoms. The molecule has 186 valence electrons. The molecule has 0 spiro atoms. The van der Waals surface area contributed by atoms with Gasteiger partial charge in [0.05, 0.1) is 18.8 Å². The number of nitrogens with one attached hydrogen (secondary N) is 1. The molecule has 0 saturated carbocycles. The number of alkyl halides is 3. The molecule has 1 aromatic heterocycles. The Labute approximate surface area is 222 Å². The molecule has 1 amide bonds. The van der Waals surface area contributed by atoms with Crippen molar-refractivity contribution in [3.63, 3.8) is 0 Å². The SMILES string of the molecule is Cn1ccnc1SCC1CC(c2ccc(CO)cc2)OC(c2cccc(NC(=O)C(Cl)(Cl)Cl)c2)O1. The number of rotatable bonds is 7. The second kappa shape index (κ2) is 11.5. The molecule has 4 rings (SSSR count). The highest BCUT2D eigenvalue weighted by Crippen LogP contribution is 2.40. The van der Waals surface area contributed by atoms with Gasteiger partial charge in [0.25, 0.3) is 9.70 Å². The van der Waals surface area contributed by atoms with Crippen LogP contribution < -0.4 is 5.32 Å². The molecule has 0 radical (unpaired) electrons. The molecular formula is C24H24Cl3N3O4S. The summed E-state index contributed by atoms with van der Waals surface area (Å²) in [5.74, 6) is -0.0732. The molecule has 1 aliphatic heterocycles. The van der Waals surface area contributed by atoms with Gasteiger partial charge in [-0.1, -0.05) is 83.0 Å². The zero-order valence-electron chi connectivity index (χ0n) is 18.7. The van der Waals surface area contributed by atoms with E-state index in [4.69, 9.17) is 44.3 Å². The van der Waals surface area contributed by atoms with Crippen LogP contribution in [0.5, 0.6) is 0 Å². The first-order chi connectivity index (χ1) is 16.7. The predicted octanol–water partition coefficient (Wildman–Crippen LogP) is 5.56. The smallest absolute Gasteiger partial charge is 0.276 e. The lowest BCUT2D eigenvalue weighted by atomic mass is 10.0. The Morgan fingerprint density at radius 3 is 2.63 bits per heavy atom. The van der Waals surface area contributed by atoms with Crippen molar-refractivity contribution in [1.29, 1.82) is 0 Å². The fraction of sp³-hybridized carbons (Fsp3) is 0.333. The van der Waals surface area contributed by atoms with Crippen LogP contribution in [0, 0.1) is 0 Å². The quantitative estimate of drug-likeness (QED) is 0.293. The molecule has 7 nitrogen and oxygen atoms in total. The average molecular weight is 557 g/mol. The largest absolute Gasteiger partial charge is 0.392 e. The number of benzene rings is 2. The van der Waals surface area contributed by atoms with Crippen LogP contribution in [-0.4, -0.2) is 36.2 Å². The van der Waals surface area contributed by atoms with E-state index < -0.39 is 16.0 Å². The molecular weight excluding hydrogens is 533 g/mol. The number of aryl methyl sites for hydroxylation is 1. The molecule has 2 N–H and O–H groups in total. The number of thioether (sulfide) groups is 1. The third kappa shape index (κ3) is 6.92. The van der Waals surface area contributed by atoms with Crippen LogP contribution >= 0.6 is 46.6 Å². The molecule has 35 heavy (non-hydrogen) atoms. The van der Waals surface area contributed by atoms with Crippen LogP contribution in [0.25, 0.3) is 0 Å². The highest BCUT2D eigenvalue weighted by Gasteiger charge is 2.33. The third-order valence-electron chi connectivity index (χ3n) is 5.46. The fourth-order valence-electron chi connectivity index (χ4n) is 3.65. The van der Waals surface area contributed by atoms with Crippen molar-refractivity contribution in [1.82, 2.24) is 9.55 Å². The van der Waals surface area contributed by atoms with Crippen LogP contribution in [0.4, 0.5) is 5.69 Å². The van der Waals surface area contributed by atoms with Crippen LogP contribution in [0.3, 0.4) is 0 Å². The van der Waals surface area contributed by atoms with Crippen molar-refractivity contribution in [2.45, 2.75) is 40.5 Å². The minimum atomic E-state index is -2.08. The van der Waals surface area contributed by atoms with Crippen LogP contribution in [0.2, 0.25) is 0 Å².